The van der Waals surface area contributed by atoms with Gasteiger partial charge in [0, 0.05) is 16.0 Å². The van der Waals surface area contributed by atoms with Gasteiger partial charge >= 0.3 is 0 Å². The Labute approximate surface area is 168 Å². The minimum absolute atomic E-state index is 0.0716. The molecule has 0 atom stereocenters. The molecule has 4 aromatic carbocycles. The maximum Gasteiger partial charge on any atom is 0.260 e. The van der Waals surface area contributed by atoms with Crippen molar-refractivity contribution in [2.45, 2.75) is 0 Å². The number of fused-ring (bicyclic) bond motifs is 4. The van der Waals surface area contributed by atoms with Gasteiger partial charge in [-0.3, -0.25) is 0 Å². The zero-order valence-electron chi connectivity index (χ0n) is 14.9. The maximum atomic E-state index is 6.46. The third-order valence-electron chi connectivity index (χ3n) is 5.49. The molecule has 0 N–H and O–H groups in total. The lowest BCUT2D eigenvalue weighted by Gasteiger charge is -2.33. The van der Waals surface area contributed by atoms with E-state index in [1.165, 1.54) is 0 Å². The van der Waals surface area contributed by atoms with E-state index in [4.69, 9.17) is 21.1 Å². The monoisotopic (exact) mass is 380 g/mol. The van der Waals surface area contributed by atoms with E-state index in [1.54, 1.807) is 0 Å². The van der Waals surface area contributed by atoms with Crippen molar-refractivity contribution < 1.29 is 9.47 Å². The van der Waals surface area contributed by atoms with Crippen LogP contribution in [0.5, 0.6) is 23.0 Å². The third kappa shape index (κ3) is 2.23. The van der Waals surface area contributed by atoms with Crippen molar-refractivity contribution in [3.8, 4) is 34.1 Å². The Kier molecular flexibility index (Phi) is 3.35. The molecule has 2 heterocycles. The molecule has 0 spiro atoms. The van der Waals surface area contributed by atoms with Crippen LogP contribution in [-0.4, -0.2) is 6.71 Å². The number of halogens is 1. The van der Waals surface area contributed by atoms with Crippen molar-refractivity contribution in [2.75, 3.05) is 0 Å². The molecule has 6 rings (SSSR count). The van der Waals surface area contributed by atoms with E-state index >= 15 is 0 Å². The lowest BCUT2D eigenvalue weighted by Crippen LogP contribution is -2.57. The second-order valence-electron chi connectivity index (χ2n) is 7.08. The summed E-state index contributed by atoms with van der Waals surface area (Å²) in [6, 6.07) is 28.5. The standard InChI is InChI=1S/C24H14BClO2/c26-19-8-3-1-6-16(19)15-12-13-21-18(14-15)25-17-7-2-4-9-20(17)27-22-10-5-11-23(28-21)24(22)25/h1-14H. The lowest BCUT2D eigenvalue weighted by molar-refractivity contribution is 0.464. The van der Waals surface area contributed by atoms with E-state index in [9.17, 15) is 0 Å². The van der Waals surface area contributed by atoms with E-state index in [0.717, 1.165) is 55.5 Å². The summed E-state index contributed by atoms with van der Waals surface area (Å²) in [5.74, 6) is 3.49. The summed E-state index contributed by atoms with van der Waals surface area (Å²) >= 11 is 6.46. The van der Waals surface area contributed by atoms with E-state index in [2.05, 4.69) is 24.3 Å². The summed E-state index contributed by atoms with van der Waals surface area (Å²) < 4.78 is 12.4. The second-order valence-corrected chi connectivity index (χ2v) is 7.48. The maximum absolute atomic E-state index is 6.46. The van der Waals surface area contributed by atoms with E-state index in [0.29, 0.717) is 0 Å². The minimum Gasteiger partial charge on any atom is -0.458 e. The highest BCUT2D eigenvalue weighted by molar-refractivity contribution is 6.98. The van der Waals surface area contributed by atoms with Gasteiger partial charge in [0.25, 0.3) is 6.71 Å². The Morgan fingerprint density at radius 3 is 2.11 bits per heavy atom. The van der Waals surface area contributed by atoms with Crippen LogP contribution in [0, 0.1) is 0 Å². The van der Waals surface area contributed by atoms with Crippen molar-refractivity contribution in [1.82, 2.24) is 0 Å². The molecule has 0 bridgehead atoms. The van der Waals surface area contributed by atoms with Crippen LogP contribution >= 0.6 is 11.6 Å². The fourth-order valence-electron chi connectivity index (χ4n) is 4.24. The van der Waals surface area contributed by atoms with Crippen molar-refractivity contribution in [3.05, 3.63) is 90.0 Å². The average molecular weight is 381 g/mol. The zero-order valence-corrected chi connectivity index (χ0v) is 15.6. The Hall–Kier alpha value is -3.17. The molecule has 132 valence electrons. The first-order valence-corrected chi connectivity index (χ1v) is 9.64. The molecular weight excluding hydrogens is 367 g/mol. The van der Waals surface area contributed by atoms with Crippen LogP contribution in [0.2, 0.25) is 5.02 Å². The van der Waals surface area contributed by atoms with Crippen molar-refractivity contribution in [2.24, 2.45) is 0 Å². The van der Waals surface area contributed by atoms with Gasteiger partial charge in [-0.15, -0.1) is 0 Å². The van der Waals surface area contributed by atoms with Crippen LogP contribution in [-0.2, 0) is 0 Å². The number of benzene rings is 4. The van der Waals surface area contributed by atoms with Crippen molar-refractivity contribution in [3.63, 3.8) is 0 Å². The first kappa shape index (κ1) is 15.9. The van der Waals surface area contributed by atoms with Crippen LogP contribution in [0.25, 0.3) is 11.1 Å². The summed E-state index contributed by atoms with van der Waals surface area (Å²) in [7, 11) is 0. The predicted molar refractivity (Wildman–Crippen MR) is 115 cm³/mol. The molecule has 0 saturated heterocycles. The molecule has 0 amide bonds. The topological polar surface area (TPSA) is 18.5 Å². The summed E-state index contributed by atoms with van der Waals surface area (Å²) in [6.07, 6.45) is 0. The molecule has 0 unspecified atom stereocenters. The Bertz CT molecular complexity index is 1240. The Morgan fingerprint density at radius 1 is 0.607 bits per heavy atom. The van der Waals surface area contributed by atoms with Gasteiger partial charge in [0.15, 0.2) is 0 Å². The second kappa shape index (κ2) is 5.92. The van der Waals surface area contributed by atoms with Gasteiger partial charge in [0.2, 0.25) is 0 Å². The molecule has 4 heteroatoms. The number of rotatable bonds is 1. The summed E-state index contributed by atoms with van der Waals surface area (Å²) in [4.78, 5) is 0. The first-order valence-electron chi connectivity index (χ1n) is 9.26. The van der Waals surface area contributed by atoms with Gasteiger partial charge in [-0.2, -0.15) is 0 Å². The molecule has 0 aromatic heterocycles. The average Bonchev–Trinajstić information content (AvgIpc) is 2.74. The highest BCUT2D eigenvalue weighted by Gasteiger charge is 2.39. The molecule has 0 aliphatic carbocycles. The smallest absolute Gasteiger partial charge is 0.260 e. The minimum atomic E-state index is 0.0716. The number of hydrogen-bond donors (Lipinski definition) is 0. The number of para-hydroxylation sites is 1. The van der Waals surface area contributed by atoms with Gasteiger partial charge in [-0.05, 0) is 46.8 Å². The summed E-state index contributed by atoms with van der Waals surface area (Å²) in [6.45, 7) is 0.0716. The molecular formula is C24H14BClO2. The van der Waals surface area contributed by atoms with E-state index < -0.39 is 0 Å². The predicted octanol–water partition coefficient (Wildman–Crippen LogP) is 4.73. The fourth-order valence-corrected chi connectivity index (χ4v) is 4.49. The molecule has 0 saturated carbocycles. The SMILES string of the molecule is Clc1ccccc1-c1ccc2c(c1)B1c3ccccc3Oc3cccc(c31)O2. The number of ether oxygens (including phenoxy) is 2. The quantitative estimate of drug-likeness (QED) is 0.384. The summed E-state index contributed by atoms with van der Waals surface area (Å²) in [5.41, 5.74) is 5.48. The van der Waals surface area contributed by atoms with Crippen molar-refractivity contribution in [1.29, 1.82) is 0 Å². The van der Waals surface area contributed by atoms with Crippen LogP contribution in [0.3, 0.4) is 0 Å². The van der Waals surface area contributed by atoms with Crippen LogP contribution < -0.4 is 25.9 Å². The molecule has 4 aromatic rings. The third-order valence-corrected chi connectivity index (χ3v) is 5.82. The van der Waals surface area contributed by atoms with E-state index in [1.807, 2.05) is 60.7 Å². The highest BCUT2D eigenvalue weighted by atomic mass is 35.5. The van der Waals surface area contributed by atoms with Crippen LogP contribution in [0.1, 0.15) is 0 Å². The van der Waals surface area contributed by atoms with Gasteiger partial charge in [0.1, 0.15) is 23.0 Å². The molecule has 0 radical (unpaired) electrons. The Morgan fingerprint density at radius 2 is 1.29 bits per heavy atom. The van der Waals surface area contributed by atoms with Gasteiger partial charge in [-0.1, -0.05) is 66.2 Å². The van der Waals surface area contributed by atoms with Gasteiger partial charge in [0.05, 0.1) is 0 Å². The Balaban J connectivity index is 1.62. The zero-order chi connectivity index (χ0) is 18.7. The molecule has 2 aliphatic heterocycles. The fraction of sp³-hybridized carbons (Fsp3) is 0. The van der Waals surface area contributed by atoms with E-state index in [-0.39, 0.29) is 6.71 Å². The van der Waals surface area contributed by atoms with Crippen LogP contribution in [0.4, 0.5) is 0 Å². The largest absolute Gasteiger partial charge is 0.458 e. The molecule has 28 heavy (non-hydrogen) atoms. The van der Waals surface area contributed by atoms with Crippen molar-refractivity contribution >= 4 is 34.7 Å². The molecule has 2 nitrogen and oxygen atoms in total. The van der Waals surface area contributed by atoms with Crippen LogP contribution in [0.15, 0.2) is 84.9 Å². The lowest BCUT2D eigenvalue weighted by atomic mass is 9.35. The van der Waals surface area contributed by atoms with Gasteiger partial charge < -0.3 is 9.47 Å². The normalized spacial score (nSPS) is 13.0. The first-order chi connectivity index (χ1) is 13.8. The summed E-state index contributed by atoms with van der Waals surface area (Å²) in [5, 5.41) is 0.743. The highest BCUT2D eigenvalue weighted by Crippen LogP contribution is 2.36. The molecule has 0 fully saturated rings. The molecule has 2 aliphatic rings. The number of hydrogen-bond acceptors (Lipinski definition) is 2. The van der Waals surface area contributed by atoms with Gasteiger partial charge in [-0.25, -0.2) is 0 Å².